The zero-order valence-corrected chi connectivity index (χ0v) is 11.3. The van der Waals surface area contributed by atoms with Crippen molar-refractivity contribution in [1.82, 2.24) is 0 Å². The Labute approximate surface area is 110 Å². The number of amides is 1. The number of anilines is 1. The van der Waals surface area contributed by atoms with Gasteiger partial charge in [0.15, 0.2) is 22.2 Å². The molecule has 0 fully saturated rings. The second-order valence-electron chi connectivity index (χ2n) is 4.38. The van der Waals surface area contributed by atoms with Gasteiger partial charge in [0.1, 0.15) is 11.0 Å². The van der Waals surface area contributed by atoms with Crippen molar-refractivity contribution >= 4 is 27.2 Å². The Morgan fingerprint density at radius 1 is 1.42 bits per heavy atom. The van der Waals surface area contributed by atoms with E-state index in [0.29, 0.717) is 11.4 Å². The molecule has 7 heteroatoms. The van der Waals surface area contributed by atoms with Gasteiger partial charge in [0.05, 0.1) is 5.69 Å². The first kappa shape index (κ1) is 13.5. The summed E-state index contributed by atoms with van der Waals surface area (Å²) in [4.78, 5) is 23.2. The van der Waals surface area contributed by atoms with Gasteiger partial charge in [-0.05, 0) is 25.1 Å². The molecule has 1 atom stereocenters. The van der Waals surface area contributed by atoms with Gasteiger partial charge in [-0.1, -0.05) is 0 Å². The molecule has 1 N–H and O–H groups in total. The van der Waals surface area contributed by atoms with Gasteiger partial charge >= 0.3 is 0 Å². The normalized spacial score (nSPS) is 16.0. The van der Waals surface area contributed by atoms with Gasteiger partial charge in [-0.25, -0.2) is 8.42 Å². The van der Waals surface area contributed by atoms with Gasteiger partial charge in [0, 0.05) is 11.8 Å². The number of nitrogens with one attached hydrogen (secondary N) is 1. The lowest BCUT2D eigenvalue weighted by Gasteiger charge is -2.18. The zero-order valence-electron chi connectivity index (χ0n) is 10.5. The van der Waals surface area contributed by atoms with Crippen LogP contribution in [0.5, 0.6) is 5.75 Å². The number of fused-ring (bicyclic) bond motifs is 1. The molecule has 0 saturated carbocycles. The number of hydrogen-bond donors (Lipinski definition) is 1. The Balaban J connectivity index is 2.35. The van der Waals surface area contributed by atoms with Crippen LogP contribution in [0.3, 0.4) is 0 Å². The van der Waals surface area contributed by atoms with E-state index in [1.54, 1.807) is 0 Å². The maximum Gasteiger partial charge on any atom is 0.262 e. The van der Waals surface area contributed by atoms with Crippen molar-refractivity contribution < 1.29 is 22.7 Å². The van der Waals surface area contributed by atoms with Gasteiger partial charge < -0.3 is 10.1 Å². The number of sulfone groups is 1. The third-order valence-corrected chi connectivity index (χ3v) is 4.41. The summed E-state index contributed by atoms with van der Waals surface area (Å²) in [5.41, 5.74) is 0.602. The highest BCUT2D eigenvalue weighted by Crippen LogP contribution is 2.29. The van der Waals surface area contributed by atoms with Crippen LogP contribution in [-0.2, 0) is 14.6 Å². The van der Waals surface area contributed by atoms with Crippen molar-refractivity contribution in [2.24, 2.45) is 0 Å². The molecule has 0 bridgehead atoms. The number of Topliss-reactive ketones (excluding diaryl/α,β-unsaturated/α-hetero) is 1. The van der Waals surface area contributed by atoms with Gasteiger partial charge in [-0.3, -0.25) is 9.59 Å². The largest absolute Gasteiger partial charge is 0.482 e. The lowest BCUT2D eigenvalue weighted by Crippen LogP contribution is -2.28. The smallest absolute Gasteiger partial charge is 0.262 e. The zero-order chi connectivity index (χ0) is 14.2. The number of carbonyl (C=O) groups excluding carboxylic acids is 2. The average Bonchev–Trinajstić information content (AvgIpc) is 2.35. The second-order valence-corrected chi connectivity index (χ2v) is 6.75. The molecule has 1 amide bonds. The van der Waals surface area contributed by atoms with E-state index in [-0.39, 0.29) is 18.1 Å². The molecule has 1 unspecified atom stereocenters. The monoisotopic (exact) mass is 283 g/mol. The van der Waals surface area contributed by atoms with E-state index in [1.165, 1.54) is 25.1 Å². The molecule has 6 nitrogen and oxygen atoms in total. The summed E-state index contributed by atoms with van der Waals surface area (Å²) >= 11 is 0. The maximum atomic E-state index is 12.0. The van der Waals surface area contributed by atoms with Crippen LogP contribution in [0.15, 0.2) is 18.2 Å². The summed E-state index contributed by atoms with van der Waals surface area (Å²) in [5, 5.41) is 1.45. The molecule has 19 heavy (non-hydrogen) atoms. The van der Waals surface area contributed by atoms with E-state index in [1.807, 2.05) is 0 Å². The van der Waals surface area contributed by atoms with Crippen molar-refractivity contribution in [3.8, 4) is 5.75 Å². The molecule has 1 aromatic carbocycles. The molecule has 1 aromatic rings. The first-order chi connectivity index (χ1) is 8.79. The summed E-state index contributed by atoms with van der Waals surface area (Å²) in [7, 11) is -3.45. The van der Waals surface area contributed by atoms with Gasteiger partial charge in [-0.15, -0.1) is 0 Å². The minimum absolute atomic E-state index is 0.0694. The third-order valence-electron chi connectivity index (χ3n) is 2.91. The molecule has 0 aliphatic carbocycles. The number of benzene rings is 1. The molecular formula is C12H13NO5S. The molecule has 0 saturated heterocycles. The Bertz CT molecular complexity index is 650. The second kappa shape index (κ2) is 4.65. The molecule has 1 aliphatic rings. The Kier molecular flexibility index (Phi) is 3.32. The number of carbonyl (C=O) groups is 2. The van der Waals surface area contributed by atoms with E-state index in [4.69, 9.17) is 4.74 Å². The lowest BCUT2D eigenvalue weighted by molar-refractivity contribution is -0.118. The summed E-state index contributed by atoms with van der Waals surface area (Å²) in [6, 6.07) is 4.45. The van der Waals surface area contributed by atoms with Crippen LogP contribution in [0.1, 0.15) is 17.3 Å². The van der Waals surface area contributed by atoms with E-state index in [0.717, 1.165) is 6.26 Å². The van der Waals surface area contributed by atoms with E-state index < -0.39 is 20.9 Å². The highest BCUT2D eigenvalue weighted by atomic mass is 32.2. The fraction of sp³-hybridized carbons (Fsp3) is 0.333. The number of hydrogen-bond acceptors (Lipinski definition) is 5. The first-order valence-corrected chi connectivity index (χ1v) is 7.54. The molecule has 1 aliphatic heterocycles. The van der Waals surface area contributed by atoms with Crippen molar-refractivity contribution in [2.75, 3.05) is 18.2 Å². The fourth-order valence-electron chi connectivity index (χ4n) is 1.67. The number of rotatable bonds is 3. The van der Waals surface area contributed by atoms with Gasteiger partial charge in [-0.2, -0.15) is 0 Å². The molecule has 2 rings (SSSR count). The first-order valence-electron chi connectivity index (χ1n) is 5.59. The summed E-state index contributed by atoms with van der Waals surface area (Å²) in [6.45, 7) is 1.27. The SMILES string of the molecule is CC(C(=O)c1ccc2c(c1)NC(=O)CO2)S(C)(=O)=O. The Morgan fingerprint density at radius 2 is 2.11 bits per heavy atom. The fourth-order valence-corrected chi connectivity index (χ4v) is 2.19. The van der Waals surface area contributed by atoms with Crippen LogP contribution in [0.25, 0.3) is 0 Å². The third kappa shape index (κ3) is 2.76. The van der Waals surface area contributed by atoms with E-state index >= 15 is 0 Å². The number of ketones is 1. The molecule has 0 radical (unpaired) electrons. The molecule has 102 valence electrons. The highest BCUT2D eigenvalue weighted by Gasteiger charge is 2.26. The predicted molar refractivity (Wildman–Crippen MR) is 69.2 cm³/mol. The highest BCUT2D eigenvalue weighted by molar-refractivity contribution is 7.92. The molecule has 0 spiro atoms. The Morgan fingerprint density at radius 3 is 2.74 bits per heavy atom. The van der Waals surface area contributed by atoms with Crippen LogP contribution >= 0.6 is 0 Å². The Hall–Kier alpha value is -1.89. The van der Waals surface area contributed by atoms with Crippen molar-refractivity contribution in [1.29, 1.82) is 0 Å². The average molecular weight is 283 g/mol. The van der Waals surface area contributed by atoms with Crippen molar-refractivity contribution in [2.45, 2.75) is 12.2 Å². The predicted octanol–water partition coefficient (Wildman–Crippen LogP) is 0.633. The van der Waals surface area contributed by atoms with Gasteiger partial charge in [0.2, 0.25) is 0 Å². The van der Waals surface area contributed by atoms with Crippen LogP contribution in [0, 0.1) is 0 Å². The summed E-state index contributed by atoms with van der Waals surface area (Å²) in [6.07, 6.45) is 1.01. The minimum Gasteiger partial charge on any atom is -0.482 e. The topological polar surface area (TPSA) is 89.5 Å². The van der Waals surface area contributed by atoms with Crippen LogP contribution < -0.4 is 10.1 Å². The summed E-state index contributed by atoms with van der Waals surface area (Å²) in [5.74, 6) is -0.360. The quantitative estimate of drug-likeness (QED) is 0.822. The minimum atomic E-state index is -3.45. The van der Waals surface area contributed by atoms with Crippen molar-refractivity contribution in [3.63, 3.8) is 0 Å². The van der Waals surface area contributed by atoms with Crippen LogP contribution in [-0.4, -0.2) is 38.2 Å². The van der Waals surface area contributed by atoms with Crippen LogP contribution in [0.2, 0.25) is 0 Å². The number of ether oxygens (including phenoxy) is 1. The molecule has 1 heterocycles. The van der Waals surface area contributed by atoms with E-state index in [2.05, 4.69) is 5.32 Å². The molecule has 0 aromatic heterocycles. The van der Waals surface area contributed by atoms with Gasteiger partial charge in [0.25, 0.3) is 5.91 Å². The standard InChI is InChI=1S/C12H13NO5S/c1-7(19(2,16)17)12(15)8-3-4-10-9(5-8)13-11(14)6-18-10/h3-5,7H,6H2,1-2H3,(H,13,14). The molecular weight excluding hydrogens is 270 g/mol. The van der Waals surface area contributed by atoms with Crippen LogP contribution in [0.4, 0.5) is 5.69 Å². The van der Waals surface area contributed by atoms with E-state index in [9.17, 15) is 18.0 Å². The van der Waals surface area contributed by atoms with Crippen molar-refractivity contribution in [3.05, 3.63) is 23.8 Å². The maximum absolute atomic E-state index is 12.0. The summed E-state index contributed by atoms with van der Waals surface area (Å²) < 4.78 is 27.9. The lowest BCUT2D eigenvalue weighted by atomic mass is 10.1.